The monoisotopic (exact) mass is 478 g/mol. The molecule has 1 aliphatic heterocycles. The van der Waals surface area contributed by atoms with Crippen LogP contribution in [0.15, 0.2) is 83.8 Å². The lowest BCUT2D eigenvalue weighted by molar-refractivity contribution is 0.0730. The van der Waals surface area contributed by atoms with Crippen molar-refractivity contribution in [2.24, 2.45) is 0 Å². The number of sulfonamides is 1. The summed E-state index contributed by atoms with van der Waals surface area (Å²) in [6.07, 6.45) is 0. The van der Waals surface area contributed by atoms with Crippen molar-refractivity contribution < 1.29 is 17.9 Å². The fraction of sp³-hybridized carbons (Fsp3) is 0.296. The Labute approximate surface area is 201 Å². The zero-order valence-corrected chi connectivity index (χ0v) is 20.3. The van der Waals surface area contributed by atoms with Crippen molar-refractivity contribution in [3.63, 3.8) is 0 Å². The number of carbonyl (C=O) groups excluding carboxylic acids is 1. The highest BCUT2D eigenvalue weighted by atomic mass is 32.2. The fourth-order valence-corrected chi connectivity index (χ4v) is 6.07. The van der Waals surface area contributed by atoms with Crippen molar-refractivity contribution >= 4 is 15.9 Å². The van der Waals surface area contributed by atoms with E-state index in [2.05, 4.69) is 29.6 Å². The fourth-order valence-electron chi connectivity index (χ4n) is 4.41. The van der Waals surface area contributed by atoms with Gasteiger partial charge in [-0.2, -0.15) is 4.31 Å². The van der Waals surface area contributed by atoms with E-state index in [-0.39, 0.29) is 22.8 Å². The molecule has 178 valence electrons. The summed E-state index contributed by atoms with van der Waals surface area (Å²) in [7, 11) is -3.71. The van der Waals surface area contributed by atoms with Crippen LogP contribution >= 0.6 is 0 Å². The Balaban J connectivity index is 1.60. The summed E-state index contributed by atoms with van der Waals surface area (Å²) in [5.74, 6) is -0.351. The second-order valence-corrected chi connectivity index (χ2v) is 10.5. The van der Waals surface area contributed by atoms with Gasteiger partial charge in [-0.1, -0.05) is 66.7 Å². The summed E-state index contributed by atoms with van der Waals surface area (Å²) in [5.41, 5.74) is 3.13. The highest BCUT2D eigenvalue weighted by Gasteiger charge is 2.29. The molecule has 0 radical (unpaired) electrons. The van der Waals surface area contributed by atoms with Crippen molar-refractivity contribution in [3.8, 4) is 0 Å². The molecule has 6 nitrogen and oxygen atoms in total. The van der Waals surface area contributed by atoms with Gasteiger partial charge in [-0.3, -0.25) is 4.79 Å². The lowest BCUT2D eigenvalue weighted by Gasteiger charge is -2.27. The molecule has 1 fully saturated rings. The van der Waals surface area contributed by atoms with E-state index in [0.717, 1.165) is 11.1 Å². The number of aryl methyl sites for hydroxylation is 1. The summed E-state index contributed by atoms with van der Waals surface area (Å²) < 4.78 is 33.2. The van der Waals surface area contributed by atoms with Gasteiger partial charge in [0.15, 0.2) is 0 Å². The molecule has 1 heterocycles. The van der Waals surface area contributed by atoms with Gasteiger partial charge in [0, 0.05) is 30.6 Å². The number of ether oxygens (including phenoxy) is 1. The molecule has 1 aliphatic rings. The van der Waals surface area contributed by atoms with E-state index >= 15 is 0 Å². The van der Waals surface area contributed by atoms with Gasteiger partial charge in [-0.25, -0.2) is 8.42 Å². The molecule has 0 spiro atoms. The Morgan fingerprint density at radius 1 is 0.912 bits per heavy atom. The molecule has 1 N–H and O–H groups in total. The molecule has 3 aromatic carbocycles. The molecule has 0 aliphatic carbocycles. The summed E-state index contributed by atoms with van der Waals surface area (Å²) in [6, 6.07) is 24.7. The number of morpholine rings is 1. The van der Waals surface area contributed by atoms with Crippen LogP contribution in [-0.2, 0) is 14.8 Å². The van der Waals surface area contributed by atoms with Crippen molar-refractivity contribution in [1.29, 1.82) is 0 Å². The van der Waals surface area contributed by atoms with Gasteiger partial charge in [0.1, 0.15) is 0 Å². The third-order valence-electron chi connectivity index (χ3n) is 6.21. The minimum absolute atomic E-state index is 0.0478. The Morgan fingerprint density at radius 3 is 2.03 bits per heavy atom. The van der Waals surface area contributed by atoms with Crippen molar-refractivity contribution in [2.45, 2.75) is 30.7 Å². The SMILES string of the molecule is Cc1ccc(C(=O)NC(C)C(c2ccccc2)c2ccccc2)cc1S(=O)(=O)N1CCOCC1. The van der Waals surface area contributed by atoms with Crippen LogP contribution in [0.5, 0.6) is 0 Å². The number of nitrogens with one attached hydrogen (secondary N) is 1. The molecule has 4 rings (SSSR count). The third-order valence-corrected chi connectivity index (χ3v) is 8.25. The van der Waals surface area contributed by atoms with Crippen LogP contribution in [0.1, 0.15) is 39.9 Å². The van der Waals surface area contributed by atoms with Gasteiger partial charge >= 0.3 is 0 Å². The van der Waals surface area contributed by atoms with Gasteiger partial charge < -0.3 is 10.1 Å². The van der Waals surface area contributed by atoms with Gasteiger partial charge in [0.05, 0.1) is 18.1 Å². The number of amides is 1. The summed E-state index contributed by atoms with van der Waals surface area (Å²) in [5, 5.41) is 3.10. The smallest absolute Gasteiger partial charge is 0.251 e. The molecule has 1 amide bonds. The summed E-state index contributed by atoms with van der Waals surface area (Å²) in [6.45, 7) is 5.09. The molecule has 1 unspecified atom stereocenters. The molecule has 0 aromatic heterocycles. The first-order valence-corrected chi connectivity index (χ1v) is 12.9. The van der Waals surface area contributed by atoms with Crippen LogP contribution in [-0.4, -0.2) is 51.0 Å². The van der Waals surface area contributed by atoms with E-state index in [1.54, 1.807) is 19.1 Å². The average molecular weight is 479 g/mol. The number of carbonyl (C=O) groups is 1. The van der Waals surface area contributed by atoms with E-state index in [4.69, 9.17) is 4.74 Å². The first kappa shape index (κ1) is 24.1. The zero-order valence-electron chi connectivity index (χ0n) is 19.5. The largest absolute Gasteiger partial charge is 0.379 e. The van der Waals surface area contributed by atoms with E-state index < -0.39 is 10.0 Å². The van der Waals surface area contributed by atoms with Gasteiger partial charge in [0.25, 0.3) is 5.91 Å². The number of nitrogens with zero attached hydrogens (tertiary/aromatic N) is 1. The van der Waals surface area contributed by atoms with E-state index in [9.17, 15) is 13.2 Å². The number of hydrogen-bond donors (Lipinski definition) is 1. The van der Waals surface area contributed by atoms with Gasteiger partial charge in [-0.15, -0.1) is 0 Å². The molecular weight excluding hydrogens is 448 g/mol. The van der Waals surface area contributed by atoms with Crippen LogP contribution in [0.25, 0.3) is 0 Å². The average Bonchev–Trinajstić information content (AvgIpc) is 2.86. The molecule has 1 atom stereocenters. The maximum Gasteiger partial charge on any atom is 0.251 e. The first-order valence-electron chi connectivity index (χ1n) is 11.5. The Morgan fingerprint density at radius 2 is 1.47 bits per heavy atom. The van der Waals surface area contributed by atoms with Crippen molar-refractivity contribution in [1.82, 2.24) is 9.62 Å². The summed E-state index contributed by atoms with van der Waals surface area (Å²) >= 11 is 0. The molecule has 34 heavy (non-hydrogen) atoms. The normalized spacial score (nSPS) is 15.7. The van der Waals surface area contributed by atoms with E-state index in [1.165, 1.54) is 10.4 Å². The Bertz CT molecular complexity index is 1180. The van der Waals surface area contributed by atoms with Crippen LogP contribution < -0.4 is 5.32 Å². The number of hydrogen-bond acceptors (Lipinski definition) is 4. The second-order valence-electron chi connectivity index (χ2n) is 8.56. The van der Waals surface area contributed by atoms with Crippen molar-refractivity contribution in [3.05, 3.63) is 101 Å². The molecule has 0 bridgehead atoms. The molecule has 0 saturated carbocycles. The van der Waals surface area contributed by atoms with E-state index in [0.29, 0.717) is 37.4 Å². The lowest BCUT2D eigenvalue weighted by Crippen LogP contribution is -2.41. The summed E-state index contributed by atoms with van der Waals surface area (Å²) in [4.78, 5) is 13.4. The molecular formula is C27H30N2O4S. The number of benzene rings is 3. The molecule has 7 heteroatoms. The van der Waals surface area contributed by atoms with Gasteiger partial charge in [0.2, 0.25) is 10.0 Å². The predicted molar refractivity (Wildman–Crippen MR) is 132 cm³/mol. The highest BCUT2D eigenvalue weighted by molar-refractivity contribution is 7.89. The number of rotatable bonds is 7. The standard InChI is InChI=1S/C27H30N2O4S/c1-20-13-14-24(19-25(20)34(31,32)29-15-17-33-18-16-29)27(30)28-21(2)26(22-9-5-3-6-10-22)23-11-7-4-8-12-23/h3-14,19,21,26H,15-18H2,1-2H3,(H,28,30). The van der Waals surface area contributed by atoms with Crippen LogP contribution in [0, 0.1) is 6.92 Å². The minimum Gasteiger partial charge on any atom is -0.379 e. The first-order chi connectivity index (χ1) is 16.4. The maximum atomic E-state index is 13.2. The third kappa shape index (κ3) is 5.22. The second kappa shape index (κ2) is 10.5. The Kier molecular flexibility index (Phi) is 7.46. The molecule has 1 saturated heterocycles. The lowest BCUT2D eigenvalue weighted by atomic mass is 9.85. The predicted octanol–water partition coefficient (Wildman–Crippen LogP) is 3.97. The van der Waals surface area contributed by atoms with Gasteiger partial charge in [-0.05, 0) is 42.7 Å². The topological polar surface area (TPSA) is 75.7 Å². The highest BCUT2D eigenvalue weighted by Crippen LogP contribution is 2.28. The van der Waals surface area contributed by atoms with Crippen LogP contribution in [0.4, 0.5) is 0 Å². The van der Waals surface area contributed by atoms with Crippen LogP contribution in [0.2, 0.25) is 0 Å². The maximum absolute atomic E-state index is 13.2. The molecule has 3 aromatic rings. The quantitative estimate of drug-likeness (QED) is 0.558. The minimum atomic E-state index is -3.71. The van der Waals surface area contributed by atoms with Crippen LogP contribution in [0.3, 0.4) is 0 Å². The van der Waals surface area contributed by atoms with Crippen molar-refractivity contribution in [2.75, 3.05) is 26.3 Å². The Hall–Kier alpha value is -3.00. The van der Waals surface area contributed by atoms with E-state index in [1.807, 2.05) is 43.3 Å². The zero-order chi connectivity index (χ0) is 24.1.